The van der Waals surface area contributed by atoms with Crippen LogP contribution in [-0.4, -0.2) is 48.9 Å². The summed E-state index contributed by atoms with van der Waals surface area (Å²) >= 11 is 0. The van der Waals surface area contributed by atoms with Gasteiger partial charge in [0.2, 0.25) is 11.8 Å². The summed E-state index contributed by atoms with van der Waals surface area (Å²) < 4.78 is 0. The summed E-state index contributed by atoms with van der Waals surface area (Å²) in [6.45, 7) is 5.56. The largest absolute Gasteiger partial charge is 0.354 e. The van der Waals surface area contributed by atoms with E-state index in [1.165, 1.54) is 6.42 Å². The van der Waals surface area contributed by atoms with Crippen LogP contribution in [0, 0.1) is 11.3 Å². The number of nitrogens with one attached hydrogen (secondary N) is 2. The Kier molecular flexibility index (Phi) is 5.80. The molecule has 2 aliphatic heterocycles. The van der Waals surface area contributed by atoms with E-state index >= 15 is 0 Å². The SMILES string of the molecule is CCCC1(C(=O)N2CCCC(CNC(=O)C3CCCN3)C2)CCC1. The molecule has 2 saturated heterocycles. The van der Waals surface area contributed by atoms with Crippen LogP contribution in [0.2, 0.25) is 0 Å². The zero-order valence-electron chi connectivity index (χ0n) is 15.1. The Morgan fingerprint density at radius 1 is 1.21 bits per heavy atom. The second-order valence-corrected chi connectivity index (χ2v) is 8.04. The molecule has 1 aliphatic carbocycles. The van der Waals surface area contributed by atoms with Crippen molar-refractivity contribution in [3.8, 4) is 0 Å². The van der Waals surface area contributed by atoms with Crippen LogP contribution in [0.4, 0.5) is 0 Å². The van der Waals surface area contributed by atoms with E-state index in [2.05, 4.69) is 22.5 Å². The zero-order chi connectivity index (χ0) is 17.0. The number of rotatable bonds is 6. The lowest BCUT2D eigenvalue weighted by atomic mass is 9.65. The highest BCUT2D eigenvalue weighted by Gasteiger charge is 2.45. The summed E-state index contributed by atoms with van der Waals surface area (Å²) in [5.41, 5.74) is -0.0480. The van der Waals surface area contributed by atoms with Crippen molar-refractivity contribution < 1.29 is 9.59 Å². The minimum absolute atomic E-state index is 0.00544. The van der Waals surface area contributed by atoms with Gasteiger partial charge in [-0.15, -0.1) is 0 Å². The molecule has 2 N–H and O–H groups in total. The van der Waals surface area contributed by atoms with Crippen molar-refractivity contribution in [1.29, 1.82) is 0 Å². The van der Waals surface area contributed by atoms with Gasteiger partial charge in [-0.25, -0.2) is 0 Å². The predicted molar refractivity (Wildman–Crippen MR) is 94.5 cm³/mol. The fourth-order valence-corrected chi connectivity index (χ4v) is 4.68. The molecular formula is C19H33N3O2. The van der Waals surface area contributed by atoms with Crippen molar-refractivity contribution in [3.05, 3.63) is 0 Å². The van der Waals surface area contributed by atoms with Gasteiger partial charge in [-0.05, 0) is 57.4 Å². The summed E-state index contributed by atoms with van der Waals surface area (Å²) in [6, 6.07) is -0.00544. The first-order valence-electron chi connectivity index (χ1n) is 9.95. The summed E-state index contributed by atoms with van der Waals surface area (Å²) in [7, 11) is 0. The molecule has 3 fully saturated rings. The first-order chi connectivity index (χ1) is 11.6. The van der Waals surface area contributed by atoms with Gasteiger partial charge in [-0.2, -0.15) is 0 Å². The third-order valence-electron chi connectivity index (χ3n) is 6.24. The highest BCUT2D eigenvalue weighted by molar-refractivity contribution is 5.84. The van der Waals surface area contributed by atoms with Gasteiger partial charge >= 0.3 is 0 Å². The van der Waals surface area contributed by atoms with Crippen LogP contribution >= 0.6 is 0 Å². The van der Waals surface area contributed by atoms with Gasteiger partial charge in [-0.1, -0.05) is 19.8 Å². The summed E-state index contributed by atoms with van der Waals surface area (Å²) in [5, 5.41) is 6.35. The molecule has 3 rings (SSSR count). The molecule has 0 spiro atoms. The van der Waals surface area contributed by atoms with Gasteiger partial charge in [0.1, 0.15) is 0 Å². The molecule has 2 unspecified atom stereocenters. The Balaban J connectivity index is 1.48. The molecule has 3 aliphatic rings. The van der Waals surface area contributed by atoms with E-state index in [0.717, 1.165) is 71.0 Å². The number of hydrogen-bond donors (Lipinski definition) is 2. The van der Waals surface area contributed by atoms with Crippen LogP contribution in [-0.2, 0) is 9.59 Å². The van der Waals surface area contributed by atoms with E-state index in [4.69, 9.17) is 0 Å². The molecule has 1 saturated carbocycles. The highest BCUT2D eigenvalue weighted by Crippen LogP contribution is 2.46. The van der Waals surface area contributed by atoms with E-state index in [1.807, 2.05) is 0 Å². The number of nitrogens with zero attached hydrogens (tertiary/aromatic N) is 1. The lowest BCUT2D eigenvalue weighted by molar-refractivity contribution is -0.150. The van der Waals surface area contributed by atoms with Crippen molar-refractivity contribution >= 4 is 11.8 Å². The molecule has 2 heterocycles. The fourth-order valence-electron chi connectivity index (χ4n) is 4.68. The van der Waals surface area contributed by atoms with Gasteiger partial charge in [0, 0.05) is 25.0 Å². The normalized spacial score (nSPS) is 29.1. The van der Waals surface area contributed by atoms with E-state index in [0.29, 0.717) is 18.4 Å². The molecular weight excluding hydrogens is 302 g/mol. The van der Waals surface area contributed by atoms with Crippen molar-refractivity contribution in [2.24, 2.45) is 11.3 Å². The quantitative estimate of drug-likeness (QED) is 0.781. The van der Waals surface area contributed by atoms with E-state index in [1.54, 1.807) is 0 Å². The Bertz CT molecular complexity index is 456. The average Bonchev–Trinajstić information content (AvgIpc) is 3.10. The standard InChI is InChI=1S/C19H33N3O2/c1-2-8-19(9-5-10-19)18(24)22-12-4-6-15(14-22)13-21-17(23)16-7-3-11-20-16/h15-16,20H,2-14H2,1H3,(H,21,23). The van der Waals surface area contributed by atoms with Gasteiger partial charge in [0.25, 0.3) is 0 Å². The van der Waals surface area contributed by atoms with Crippen LogP contribution in [0.1, 0.15) is 64.7 Å². The lowest BCUT2D eigenvalue weighted by Crippen LogP contribution is -2.52. The molecule has 0 bridgehead atoms. The Hall–Kier alpha value is -1.10. The monoisotopic (exact) mass is 335 g/mol. The number of carbonyl (C=O) groups is 2. The van der Waals surface area contributed by atoms with Gasteiger partial charge < -0.3 is 15.5 Å². The Morgan fingerprint density at radius 3 is 2.67 bits per heavy atom. The molecule has 0 aromatic carbocycles. The van der Waals surface area contributed by atoms with Gasteiger partial charge in [0.05, 0.1) is 6.04 Å². The van der Waals surface area contributed by atoms with Crippen molar-refractivity contribution in [3.63, 3.8) is 0 Å². The molecule has 5 heteroatoms. The van der Waals surface area contributed by atoms with Crippen LogP contribution < -0.4 is 10.6 Å². The summed E-state index contributed by atoms with van der Waals surface area (Å²) in [5.74, 6) is 0.938. The maximum Gasteiger partial charge on any atom is 0.237 e. The van der Waals surface area contributed by atoms with E-state index in [-0.39, 0.29) is 17.4 Å². The molecule has 0 aromatic rings. The molecule has 2 amide bonds. The average molecular weight is 335 g/mol. The molecule has 2 atom stereocenters. The number of piperidine rings is 1. The van der Waals surface area contributed by atoms with Crippen LogP contribution in [0.25, 0.3) is 0 Å². The second kappa shape index (κ2) is 7.85. The molecule has 0 radical (unpaired) electrons. The van der Waals surface area contributed by atoms with E-state index in [9.17, 15) is 9.59 Å². The first-order valence-corrected chi connectivity index (χ1v) is 9.95. The van der Waals surface area contributed by atoms with Gasteiger partial charge in [0.15, 0.2) is 0 Å². The zero-order valence-corrected chi connectivity index (χ0v) is 15.1. The van der Waals surface area contributed by atoms with Crippen molar-refractivity contribution in [2.45, 2.75) is 70.8 Å². The predicted octanol–water partition coefficient (Wildman–Crippen LogP) is 2.06. The third kappa shape index (κ3) is 3.76. The summed E-state index contributed by atoms with van der Waals surface area (Å²) in [6.07, 6.45) is 9.69. The minimum Gasteiger partial charge on any atom is -0.354 e. The highest BCUT2D eigenvalue weighted by atomic mass is 16.2. The molecule has 24 heavy (non-hydrogen) atoms. The van der Waals surface area contributed by atoms with E-state index < -0.39 is 0 Å². The lowest BCUT2D eigenvalue weighted by Gasteiger charge is -2.45. The van der Waals surface area contributed by atoms with Crippen LogP contribution in [0.15, 0.2) is 0 Å². The molecule has 5 nitrogen and oxygen atoms in total. The fraction of sp³-hybridized carbons (Fsp3) is 0.895. The molecule has 0 aromatic heterocycles. The van der Waals surface area contributed by atoms with Crippen LogP contribution in [0.5, 0.6) is 0 Å². The second-order valence-electron chi connectivity index (χ2n) is 8.04. The van der Waals surface area contributed by atoms with Crippen LogP contribution in [0.3, 0.4) is 0 Å². The minimum atomic E-state index is -0.0480. The topological polar surface area (TPSA) is 61.4 Å². The first kappa shape index (κ1) is 17.7. The summed E-state index contributed by atoms with van der Waals surface area (Å²) in [4.78, 5) is 27.3. The number of amides is 2. The van der Waals surface area contributed by atoms with Crippen molar-refractivity contribution in [1.82, 2.24) is 15.5 Å². The Labute approximate surface area is 145 Å². The number of hydrogen-bond acceptors (Lipinski definition) is 3. The maximum atomic E-state index is 13.0. The van der Waals surface area contributed by atoms with Gasteiger partial charge in [-0.3, -0.25) is 9.59 Å². The number of likely N-dealkylation sites (tertiary alicyclic amines) is 1. The molecule has 136 valence electrons. The smallest absolute Gasteiger partial charge is 0.237 e. The third-order valence-corrected chi connectivity index (χ3v) is 6.24. The number of carbonyl (C=O) groups excluding carboxylic acids is 2. The maximum absolute atomic E-state index is 13.0. The van der Waals surface area contributed by atoms with Crippen molar-refractivity contribution in [2.75, 3.05) is 26.2 Å². The Morgan fingerprint density at radius 2 is 2.04 bits per heavy atom.